The fourth-order valence-electron chi connectivity index (χ4n) is 1.18. The van der Waals surface area contributed by atoms with Crippen molar-refractivity contribution in [3.05, 3.63) is 35.5 Å². The van der Waals surface area contributed by atoms with Crippen LogP contribution in [0, 0.1) is 6.08 Å². The van der Waals surface area contributed by atoms with Gasteiger partial charge in [0, 0.05) is 0 Å². The first-order valence-electron chi connectivity index (χ1n) is 3.87. The van der Waals surface area contributed by atoms with Crippen LogP contribution >= 0.6 is 0 Å². The molecule has 0 N–H and O–H groups in total. The Morgan fingerprint density at radius 3 is 2.50 bits per heavy atom. The molecule has 10 heavy (non-hydrogen) atoms. The molecule has 1 rings (SSSR count). The SMILES string of the molecule is CCC(CC)=C1[C]=CC=C1. The molecular weight excluding hydrogens is 120 g/mol. The third kappa shape index (κ3) is 1.38. The van der Waals surface area contributed by atoms with Gasteiger partial charge in [-0.15, -0.1) is 0 Å². The van der Waals surface area contributed by atoms with Crippen molar-refractivity contribution < 1.29 is 0 Å². The largest absolute Gasteiger partial charge is 0.0629 e. The predicted octanol–water partition coefficient (Wildman–Crippen LogP) is 3.03. The van der Waals surface area contributed by atoms with Gasteiger partial charge >= 0.3 is 0 Å². The van der Waals surface area contributed by atoms with Crippen molar-refractivity contribution in [3.8, 4) is 0 Å². The zero-order chi connectivity index (χ0) is 7.40. The van der Waals surface area contributed by atoms with Crippen LogP contribution in [0.5, 0.6) is 0 Å². The van der Waals surface area contributed by atoms with Crippen molar-refractivity contribution in [2.75, 3.05) is 0 Å². The molecule has 0 amide bonds. The summed E-state index contributed by atoms with van der Waals surface area (Å²) in [7, 11) is 0. The Labute approximate surface area is 62.9 Å². The standard InChI is InChI=1S/C10H13/c1-3-9(4-2)10-7-5-6-8-10/h5-7H,3-4H2,1-2H3. The fraction of sp³-hybridized carbons (Fsp3) is 0.400. The maximum atomic E-state index is 3.20. The second kappa shape index (κ2) is 3.40. The van der Waals surface area contributed by atoms with Gasteiger partial charge in [0.15, 0.2) is 0 Å². The van der Waals surface area contributed by atoms with Gasteiger partial charge in [0.25, 0.3) is 0 Å². The quantitative estimate of drug-likeness (QED) is 0.543. The molecular formula is C10H13. The Hall–Kier alpha value is -0.780. The number of rotatable bonds is 2. The van der Waals surface area contributed by atoms with Gasteiger partial charge in [-0.25, -0.2) is 0 Å². The highest BCUT2D eigenvalue weighted by atomic mass is 14.0. The van der Waals surface area contributed by atoms with E-state index in [1.54, 1.807) is 0 Å². The molecule has 1 aliphatic rings. The van der Waals surface area contributed by atoms with Crippen LogP contribution in [0.3, 0.4) is 0 Å². The summed E-state index contributed by atoms with van der Waals surface area (Å²) >= 11 is 0. The van der Waals surface area contributed by atoms with Crippen molar-refractivity contribution in [2.24, 2.45) is 0 Å². The van der Waals surface area contributed by atoms with E-state index >= 15 is 0 Å². The summed E-state index contributed by atoms with van der Waals surface area (Å²) in [5, 5.41) is 0. The topological polar surface area (TPSA) is 0 Å². The minimum Gasteiger partial charge on any atom is -0.0629 e. The average Bonchev–Trinajstić information content (AvgIpc) is 2.43. The van der Waals surface area contributed by atoms with Gasteiger partial charge < -0.3 is 0 Å². The lowest BCUT2D eigenvalue weighted by Crippen LogP contribution is -1.82. The maximum absolute atomic E-state index is 3.20. The lowest BCUT2D eigenvalue weighted by atomic mass is 10.0. The average molecular weight is 133 g/mol. The van der Waals surface area contributed by atoms with Gasteiger partial charge in [-0.3, -0.25) is 0 Å². The molecule has 0 heterocycles. The molecule has 0 aromatic carbocycles. The fourth-order valence-corrected chi connectivity index (χ4v) is 1.18. The van der Waals surface area contributed by atoms with Crippen molar-refractivity contribution in [1.82, 2.24) is 0 Å². The maximum Gasteiger partial charge on any atom is -0.0106 e. The van der Waals surface area contributed by atoms with Crippen LogP contribution in [0.25, 0.3) is 0 Å². The summed E-state index contributed by atoms with van der Waals surface area (Å²) in [4.78, 5) is 0. The number of hydrogen-bond acceptors (Lipinski definition) is 0. The van der Waals surface area contributed by atoms with Crippen LogP contribution in [0.4, 0.5) is 0 Å². The molecule has 1 aliphatic carbocycles. The Bertz CT molecular complexity index is 172. The monoisotopic (exact) mass is 133 g/mol. The van der Waals surface area contributed by atoms with Crippen molar-refractivity contribution in [3.63, 3.8) is 0 Å². The lowest BCUT2D eigenvalue weighted by Gasteiger charge is -2.00. The molecule has 0 saturated heterocycles. The molecule has 0 bridgehead atoms. The second-order valence-electron chi connectivity index (χ2n) is 2.39. The van der Waals surface area contributed by atoms with Crippen molar-refractivity contribution in [2.45, 2.75) is 26.7 Å². The molecule has 0 fully saturated rings. The summed E-state index contributed by atoms with van der Waals surface area (Å²) in [6.45, 7) is 4.39. The van der Waals surface area contributed by atoms with E-state index in [9.17, 15) is 0 Å². The van der Waals surface area contributed by atoms with E-state index < -0.39 is 0 Å². The Kier molecular flexibility index (Phi) is 2.49. The van der Waals surface area contributed by atoms with Gasteiger partial charge in [0.2, 0.25) is 0 Å². The Balaban J connectivity index is 2.81. The first-order chi connectivity index (χ1) is 4.88. The number of allylic oxidation sites excluding steroid dienone is 6. The van der Waals surface area contributed by atoms with E-state index in [-0.39, 0.29) is 0 Å². The molecule has 53 valence electrons. The minimum absolute atomic E-state index is 1.15. The first kappa shape index (κ1) is 7.33. The zero-order valence-corrected chi connectivity index (χ0v) is 6.65. The summed E-state index contributed by atoms with van der Waals surface area (Å²) in [6.07, 6.45) is 11.6. The second-order valence-corrected chi connectivity index (χ2v) is 2.39. The van der Waals surface area contributed by atoms with Gasteiger partial charge in [-0.2, -0.15) is 0 Å². The molecule has 0 aromatic heterocycles. The molecule has 0 saturated carbocycles. The Morgan fingerprint density at radius 2 is 2.10 bits per heavy atom. The predicted molar refractivity (Wildman–Crippen MR) is 44.6 cm³/mol. The summed E-state index contributed by atoms with van der Waals surface area (Å²) < 4.78 is 0. The number of hydrogen-bond donors (Lipinski definition) is 0. The first-order valence-corrected chi connectivity index (χ1v) is 3.87. The molecule has 0 nitrogen and oxygen atoms in total. The highest BCUT2D eigenvalue weighted by molar-refractivity contribution is 5.39. The molecule has 0 spiro atoms. The summed E-state index contributed by atoms with van der Waals surface area (Å²) in [5.74, 6) is 0. The van der Waals surface area contributed by atoms with Crippen LogP contribution in [0.15, 0.2) is 29.4 Å². The Morgan fingerprint density at radius 1 is 1.40 bits per heavy atom. The van der Waals surface area contributed by atoms with E-state index in [1.165, 1.54) is 11.1 Å². The highest BCUT2D eigenvalue weighted by Crippen LogP contribution is 2.17. The molecule has 0 unspecified atom stereocenters. The van der Waals surface area contributed by atoms with E-state index in [0.29, 0.717) is 0 Å². The molecule has 0 aliphatic heterocycles. The van der Waals surface area contributed by atoms with Gasteiger partial charge in [0.05, 0.1) is 0 Å². The summed E-state index contributed by atoms with van der Waals surface area (Å²) in [5.41, 5.74) is 2.80. The van der Waals surface area contributed by atoms with E-state index in [0.717, 1.165) is 12.8 Å². The molecule has 1 radical (unpaired) electrons. The van der Waals surface area contributed by atoms with Crippen LogP contribution < -0.4 is 0 Å². The normalized spacial score (nSPS) is 14.8. The molecule has 0 heteroatoms. The van der Waals surface area contributed by atoms with Crippen LogP contribution in [-0.2, 0) is 0 Å². The highest BCUT2D eigenvalue weighted by Gasteiger charge is 1.98. The zero-order valence-electron chi connectivity index (χ0n) is 6.65. The van der Waals surface area contributed by atoms with E-state index in [1.807, 2.05) is 12.2 Å². The van der Waals surface area contributed by atoms with Crippen molar-refractivity contribution >= 4 is 0 Å². The molecule has 0 atom stereocenters. The van der Waals surface area contributed by atoms with Gasteiger partial charge in [0.1, 0.15) is 0 Å². The third-order valence-corrected chi connectivity index (χ3v) is 1.83. The van der Waals surface area contributed by atoms with Crippen LogP contribution in [0.1, 0.15) is 26.7 Å². The van der Waals surface area contributed by atoms with E-state index in [2.05, 4.69) is 26.0 Å². The summed E-state index contributed by atoms with van der Waals surface area (Å²) in [6, 6.07) is 0. The van der Waals surface area contributed by atoms with E-state index in [4.69, 9.17) is 0 Å². The third-order valence-electron chi connectivity index (χ3n) is 1.83. The molecule has 0 aromatic rings. The van der Waals surface area contributed by atoms with Crippen molar-refractivity contribution in [1.29, 1.82) is 0 Å². The lowest BCUT2D eigenvalue weighted by molar-refractivity contribution is 0.965. The van der Waals surface area contributed by atoms with Gasteiger partial charge in [-0.1, -0.05) is 37.6 Å². The minimum atomic E-state index is 1.15. The van der Waals surface area contributed by atoms with Crippen LogP contribution in [0.2, 0.25) is 0 Å². The smallest absolute Gasteiger partial charge is 0.0106 e. The van der Waals surface area contributed by atoms with Crippen LogP contribution in [-0.4, -0.2) is 0 Å². The van der Waals surface area contributed by atoms with Gasteiger partial charge in [-0.05, 0) is 24.5 Å².